The number of rotatable bonds is 15. The molecule has 3 rings (SSSR count). The molecule has 40 heavy (non-hydrogen) atoms. The minimum absolute atomic E-state index is 0.0215. The van der Waals surface area contributed by atoms with Crippen LogP contribution < -0.4 is 9.47 Å². The molecule has 0 atom stereocenters. The van der Waals surface area contributed by atoms with Crippen LogP contribution in [0, 0.1) is 10.1 Å². The maximum atomic E-state index is 12.2. The highest BCUT2D eigenvalue weighted by Gasteiger charge is 2.04. The van der Waals surface area contributed by atoms with Crippen LogP contribution in [0.4, 0.5) is 17.1 Å². The van der Waals surface area contributed by atoms with Crippen molar-refractivity contribution in [3.05, 3.63) is 107 Å². The van der Waals surface area contributed by atoms with Crippen LogP contribution in [0.25, 0.3) is 6.08 Å². The van der Waals surface area contributed by atoms with E-state index in [9.17, 15) is 19.7 Å². The quantitative estimate of drug-likeness (QED) is 0.0374. The molecule has 10 heteroatoms. The fourth-order valence-corrected chi connectivity index (χ4v) is 3.31. The van der Waals surface area contributed by atoms with Crippen LogP contribution in [0.2, 0.25) is 0 Å². The minimum Gasteiger partial charge on any atom is -0.494 e. The third-order valence-corrected chi connectivity index (χ3v) is 5.41. The first-order valence-corrected chi connectivity index (χ1v) is 12.6. The van der Waals surface area contributed by atoms with Gasteiger partial charge >= 0.3 is 11.9 Å². The van der Waals surface area contributed by atoms with Crippen LogP contribution in [0.3, 0.4) is 0 Å². The Bertz CT molecular complexity index is 1330. The Morgan fingerprint density at radius 1 is 0.775 bits per heavy atom. The summed E-state index contributed by atoms with van der Waals surface area (Å²) in [5.74, 6) is 0.171. The second kappa shape index (κ2) is 16.0. The number of hydrogen-bond donors (Lipinski definition) is 0. The standard InChI is InChI=1S/C30H29N3O7/c1-2-29(34)39-22-6-4-3-5-21-38-27-16-7-23(8-17-27)9-20-30(35)40-28-18-12-25(13-19-28)32-31-24-10-14-26(15-11-24)33(36)37/h2,7-20H,1,3-6,21-22H2/b20-9+,32-31?. The van der Waals surface area contributed by atoms with Gasteiger partial charge in [-0.15, -0.1) is 0 Å². The van der Waals surface area contributed by atoms with Gasteiger partial charge in [-0.05, 0) is 85.9 Å². The van der Waals surface area contributed by atoms with Crippen LogP contribution in [0.15, 0.2) is 102 Å². The maximum absolute atomic E-state index is 12.2. The number of non-ortho nitro benzene ring substituents is 1. The predicted octanol–water partition coefficient (Wildman–Crippen LogP) is 7.30. The highest BCUT2D eigenvalue weighted by Crippen LogP contribution is 2.23. The first-order valence-electron chi connectivity index (χ1n) is 12.6. The van der Waals surface area contributed by atoms with E-state index in [-0.39, 0.29) is 5.69 Å². The van der Waals surface area contributed by atoms with E-state index in [1.54, 1.807) is 30.3 Å². The Balaban J connectivity index is 1.36. The van der Waals surface area contributed by atoms with Crippen molar-refractivity contribution < 1.29 is 28.7 Å². The maximum Gasteiger partial charge on any atom is 0.336 e. The fourth-order valence-electron chi connectivity index (χ4n) is 3.31. The van der Waals surface area contributed by atoms with Crippen molar-refractivity contribution in [3.8, 4) is 11.5 Å². The topological polar surface area (TPSA) is 130 Å². The number of hydrogen-bond acceptors (Lipinski definition) is 9. The normalized spacial score (nSPS) is 10.9. The third kappa shape index (κ3) is 10.7. The number of nitro groups is 1. The van der Waals surface area contributed by atoms with Crippen molar-refractivity contribution in [1.29, 1.82) is 0 Å². The third-order valence-electron chi connectivity index (χ3n) is 5.41. The van der Waals surface area contributed by atoms with Crippen LogP contribution in [-0.4, -0.2) is 30.1 Å². The summed E-state index contributed by atoms with van der Waals surface area (Å²) in [4.78, 5) is 33.4. The van der Waals surface area contributed by atoms with Crippen LogP contribution >= 0.6 is 0 Å². The van der Waals surface area contributed by atoms with Gasteiger partial charge in [0.2, 0.25) is 0 Å². The van der Waals surface area contributed by atoms with E-state index in [4.69, 9.17) is 14.2 Å². The van der Waals surface area contributed by atoms with Crippen molar-refractivity contribution in [3.63, 3.8) is 0 Å². The summed E-state index contributed by atoms with van der Waals surface area (Å²) < 4.78 is 16.0. The average Bonchev–Trinajstić information content (AvgIpc) is 2.97. The van der Waals surface area contributed by atoms with Crippen molar-refractivity contribution in [2.75, 3.05) is 13.2 Å². The predicted molar refractivity (Wildman–Crippen MR) is 150 cm³/mol. The van der Waals surface area contributed by atoms with E-state index >= 15 is 0 Å². The second-order valence-electron chi connectivity index (χ2n) is 8.43. The molecule has 0 aromatic heterocycles. The number of nitrogens with zero attached hydrogens (tertiary/aromatic N) is 3. The van der Waals surface area contributed by atoms with E-state index in [0.717, 1.165) is 43.1 Å². The largest absolute Gasteiger partial charge is 0.494 e. The lowest BCUT2D eigenvalue weighted by molar-refractivity contribution is -0.384. The number of unbranched alkanes of at least 4 members (excludes halogenated alkanes) is 3. The minimum atomic E-state index is -0.528. The second-order valence-corrected chi connectivity index (χ2v) is 8.43. The summed E-state index contributed by atoms with van der Waals surface area (Å²) in [5.41, 5.74) is 1.80. The van der Waals surface area contributed by atoms with Gasteiger partial charge in [-0.1, -0.05) is 18.7 Å². The molecule has 0 fully saturated rings. The Morgan fingerprint density at radius 2 is 1.35 bits per heavy atom. The lowest BCUT2D eigenvalue weighted by Crippen LogP contribution is -2.03. The van der Waals surface area contributed by atoms with E-state index in [1.807, 2.05) is 24.3 Å². The lowest BCUT2D eigenvalue weighted by Gasteiger charge is -2.06. The summed E-state index contributed by atoms with van der Waals surface area (Å²) >= 11 is 0. The summed E-state index contributed by atoms with van der Waals surface area (Å²) in [5, 5.41) is 18.8. The molecular weight excluding hydrogens is 514 g/mol. The highest BCUT2D eigenvalue weighted by atomic mass is 16.6. The van der Waals surface area contributed by atoms with E-state index in [1.165, 1.54) is 30.3 Å². The first-order chi connectivity index (χ1) is 19.4. The molecule has 0 aliphatic heterocycles. The van der Waals surface area contributed by atoms with Crippen LogP contribution in [0.1, 0.15) is 31.2 Å². The number of carbonyl (C=O) groups is 2. The molecule has 0 aliphatic rings. The molecule has 3 aromatic carbocycles. The summed E-state index contributed by atoms with van der Waals surface area (Å²) in [7, 11) is 0. The number of esters is 2. The molecule has 0 radical (unpaired) electrons. The molecule has 0 bridgehead atoms. The smallest absolute Gasteiger partial charge is 0.336 e. The van der Waals surface area contributed by atoms with Crippen LogP contribution in [0.5, 0.6) is 11.5 Å². The summed E-state index contributed by atoms with van der Waals surface area (Å²) in [6.45, 7) is 4.35. The van der Waals surface area contributed by atoms with Crippen molar-refractivity contribution >= 4 is 35.1 Å². The van der Waals surface area contributed by atoms with Crippen LogP contribution in [-0.2, 0) is 14.3 Å². The summed E-state index contributed by atoms with van der Waals surface area (Å²) in [6.07, 6.45) is 7.78. The molecule has 0 spiro atoms. The summed E-state index contributed by atoms with van der Waals surface area (Å²) in [6, 6.07) is 19.6. The van der Waals surface area contributed by atoms with E-state index < -0.39 is 16.9 Å². The Kier molecular flexibility index (Phi) is 11.8. The highest BCUT2D eigenvalue weighted by molar-refractivity contribution is 5.88. The molecular formula is C30H29N3O7. The van der Waals surface area contributed by atoms with E-state index in [2.05, 4.69) is 16.8 Å². The molecule has 0 aliphatic carbocycles. The van der Waals surface area contributed by atoms with Gasteiger partial charge in [0.15, 0.2) is 0 Å². The average molecular weight is 544 g/mol. The molecule has 0 amide bonds. The number of ether oxygens (including phenoxy) is 3. The van der Waals surface area contributed by atoms with Gasteiger partial charge in [-0.2, -0.15) is 10.2 Å². The molecule has 0 saturated carbocycles. The zero-order chi connectivity index (χ0) is 28.6. The molecule has 0 N–H and O–H groups in total. The molecule has 10 nitrogen and oxygen atoms in total. The molecule has 206 valence electrons. The molecule has 3 aromatic rings. The monoisotopic (exact) mass is 543 g/mol. The number of azo groups is 1. The van der Waals surface area contributed by atoms with Gasteiger partial charge in [0.1, 0.15) is 11.5 Å². The van der Waals surface area contributed by atoms with Gasteiger partial charge in [-0.25, -0.2) is 9.59 Å². The van der Waals surface area contributed by atoms with Gasteiger partial charge in [0.05, 0.1) is 29.5 Å². The van der Waals surface area contributed by atoms with Crippen molar-refractivity contribution in [2.24, 2.45) is 10.2 Å². The zero-order valence-corrected chi connectivity index (χ0v) is 21.8. The fraction of sp³-hybridized carbons (Fsp3) is 0.200. The SMILES string of the molecule is C=CC(=O)OCCCCCCOc1ccc(/C=C/C(=O)Oc2ccc(N=Nc3ccc([N+](=O)[O-])cc3)cc2)cc1. The Hall–Kier alpha value is -5.12. The molecule has 0 unspecified atom stereocenters. The van der Waals surface area contributed by atoms with E-state index in [0.29, 0.717) is 30.3 Å². The molecule has 0 heterocycles. The number of benzene rings is 3. The number of carbonyl (C=O) groups excluding carboxylic acids is 2. The van der Waals surface area contributed by atoms with Crippen molar-refractivity contribution in [1.82, 2.24) is 0 Å². The zero-order valence-electron chi connectivity index (χ0n) is 21.8. The van der Waals surface area contributed by atoms with Crippen molar-refractivity contribution in [2.45, 2.75) is 25.7 Å². The molecule has 0 saturated heterocycles. The Morgan fingerprint density at radius 3 is 1.95 bits per heavy atom. The van der Waals surface area contributed by atoms with Gasteiger partial charge in [0.25, 0.3) is 5.69 Å². The first kappa shape index (κ1) is 29.4. The number of nitro benzene ring substituents is 1. The van der Waals surface area contributed by atoms with Gasteiger partial charge in [0, 0.05) is 24.3 Å². The van der Waals surface area contributed by atoms with Gasteiger partial charge in [-0.3, -0.25) is 10.1 Å². The lowest BCUT2D eigenvalue weighted by atomic mass is 10.2. The van der Waals surface area contributed by atoms with Gasteiger partial charge < -0.3 is 14.2 Å². The Labute approximate surface area is 231 Å².